The minimum Gasteiger partial charge on any atom is -0.497 e. The number of likely N-dealkylation sites (tertiary alicyclic amines) is 1. The SMILES string of the molecule is COc1ccc(CNC(=O)c2ccc(C(=O)N3CCCCC3)cc2)cc1. The van der Waals surface area contributed by atoms with Gasteiger partial charge in [-0.05, 0) is 61.2 Å². The van der Waals surface area contributed by atoms with Gasteiger partial charge in [-0.15, -0.1) is 0 Å². The maximum absolute atomic E-state index is 12.5. The zero-order valence-corrected chi connectivity index (χ0v) is 15.0. The fraction of sp³-hybridized carbons (Fsp3) is 0.333. The molecule has 0 unspecified atom stereocenters. The second-order valence-electron chi connectivity index (χ2n) is 6.46. The number of rotatable bonds is 5. The molecule has 1 aliphatic heterocycles. The van der Waals surface area contributed by atoms with Gasteiger partial charge in [0, 0.05) is 30.8 Å². The van der Waals surface area contributed by atoms with E-state index in [4.69, 9.17) is 4.74 Å². The maximum atomic E-state index is 12.5. The first-order valence-corrected chi connectivity index (χ1v) is 8.98. The van der Waals surface area contributed by atoms with Crippen LogP contribution in [-0.4, -0.2) is 36.9 Å². The lowest BCUT2D eigenvalue weighted by Gasteiger charge is -2.26. The van der Waals surface area contributed by atoms with Gasteiger partial charge in [-0.1, -0.05) is 12.1 Å². The first-order chi connectivity index (χ1) is 12.7. The Bertz CT molecular complexity index is 748. The van der Waals surface area contributed by atoms with Crippen LogP contribution in [-0.2, 0) is 6.54 Å². The number of hydrogen-bond acceptors (Lipinski definition) is 3. The van der Waals surface area contributed by atoms with Crippen molar-refractivity contribution in [2.24, 2.45) is 0 Å². The van der Waals surface area contributed by atoms with Crippen LogP contribution in [0.4, 0.5) is 0 Å². The molecule has 2 aromatic rings. The summed E-state index contributed by atoms with van der Waals surface area (Å²) in [6, 6.07) is 14.4. The van der Waals surface area contributed by atoms with Crippen molar-refractivity contribution < 1.29 is 14.3 Å². The third kappa shape index (κ3) is 4.42. The third-order valence-corrected chi connectivity index (χ3v) is 4.65. The number of hydrogen-bond donors (Lipinski definition) is 1. The van der Waals surface area contributed by atoms with Crippen molar-refractivity contribution in [1.82, 2.24) is 10.2 Å². The van der Waals surface area contributed by atoms with E-state index in [0.717, 1.165) is 37.2 Å². The maximum Gasteiger partial charge on any atom is 0.253 e. The second-order valence-corrected chi connectivity index (χ2v) is 6.46. The molecule has 0 saturated carbocycles. The first kappa shape index (κ1) is 18.0. The summed E-state index contributed by atoms with van der Waals surface area (Å²) in [6.07, 6.45) is 3.33. The third-order valence-electron chi connectivity index (χ3n) is 4.65. The van der Waals surface area contributed by atoms with Gasteiger partial charge >= 0.3 is 0 Å². The standard InChI is InChI=1S/C21H24N2O3/c1-26-19-11-5-16(6-12-19)15-22-20(24)17-7-9-18(10-8-17)21(25)23-13-3-2-4-14-23/h5-12H,2-4,13-15H2,1H3,(H,22,24). The Morgan fingerprint density at radius 3 is 2.15 bits per heavy atom. The van der Waals surface area contributed by atoms with Crippen molar-refractivity contribution in [2.75, 3.05) is 20.2 Å². The summed E-state index contributed by atoms with van der Waals surface area (Å²) < 4.78 is 5.12. The smallest absolute Gasteiger partial charge is 0.253 e. The molecule has 0 aromatic heterocycles. The fourth-order valence-electron chi connectivity index (χ4n) is 3.07. The van der Waals surface area contributed by atoms with Crippen molar-refractivity contribution >= 4 is 11.8 Å². The predicted octanol–water partition coefficient (Wildman–Crippen LogP) is 3.25. The average molecular weight is 352 g/mol. The lowest BCUT2D eigenvalue weighted by atomic mass is 10.1. The molecule has 1 aliphatic rings. The number of nitrogens with one attached hydrogen (secondary N) is 1. The minimum absolute atomic E-state index is 0.0508. The number of piperidine rings is 1. The lowest BCUT2D eigenvalue weighted by molar-refractivity contribution is 0.0723. The van der Waals surface area contributed by atoms with Crippen LogP contribution in [0, 0.1) is 0 Å². The highest BCUT2D eigenvalue weighted by Gasteiger charge is 2.18. The molecule has 3 rings (SSSR count). The van der Waals surface area contributed by atoms with E-state index in [1.165, 1.54) is 6.42 Å². The number of nitrogens with zero attached hydrogens (tertiary/aromatic N) is 1. The van der Waals surface area contributed by atoms with Gasteiger partial charge < -0.3 is 15.0 Å². The molecule has 0 aliphatic carbocycles. The highest BCUT2D eigenvalue weighted by atomic mass is 16.5. The Hall–Kier alpha value is -2.82. The van der Waals surface area contributed by atoms with Gasteiger partial charge in [0.15, 0.2) is 0 Å². The molecule has 0 atom stereocenters. The van der Waals surface area contributed by atoms with Gasteiger partial charge in [0.05, 0.1) is 7.11 Å². The summed E-state index contributed by atoms with van der Waals surface area (Å²) >= 11 is 0. The Kier molecular flexibility index (Phi) is 5.89. The number of amides is 2. The molecule has 5 nitrogen and oxygen atoms in total. The molecule has 0 spiro atoms. The summed E-state index contributed by atoms with van der Waals surface area (Å²) in [5.74, 6) is 0.682. The summed E-state index contributed by atoms with van der Waals surface area (Å²) in [7, 11) is 1.62. The largest absolute Gasteiger partial charge is 0.497 e. The molecule has 1 saturated heterocycles. The van der Waals surface area contributed by atoms with E-state index in [-0.39, 0.29) is 11.8 Å². The lowest BCUT2D eigenvalue weighted by Crippen LogP contribution is -2.35. The molecular formula is C21H24N2O3. The van der Waals surface area contributed by atoms with Gasteiger partial charge in [-0.25, -0.2) is 0 Å². The van der Waals surface area contributed by atoms with E-state index in [1.54, 1.807) is 31.4 Å². The molecule has 2 amide bonds. The van der Waals surface area contributed by atoms with Crippen LogP contribution < -0.4 is 10.1 Å². The molecule has 5 heteroatoms. The number of ether oxygens (including phenoxy) is 1. The Labute approximate surface area is 154 Å². The molecule has 1 N–H and O–H groups in total. The number of carbonyl (C=O) groups is 2. The summed E-state index contributed by atoms with van der Waals surface area (Å²) in [5.41, 5.74) is 2.18. The van der Waals surface area contributed by atoms with Crippen molar-refractivity contribution in [3.8, 4) is 5.75 Å². The molecule has 1 heterocycles. The Balaban J connectivity index is 1.56. The van der Waals surface area contributed by atoms with E-state index in [0.29, 0.717) is 17.7 Å². The molecule has 136 valence electrons. The molecule has 0 bridgehead atoms. The van der Waals surface area contributed by atoms with Crippen LogP contribution in [0.1, 0.15) is 45.5 Å². The van der Waals surface area contributed by atoms with Crippen LogP contribution in [0.25, 0.3) is 0 Å². The molecule has 0 radical (unpaired) electrons. The average Bonchev–Trinajstić information content (AvgIpc) is 2.72. The number of benzene rings is 2. The first-order valence-electron chi connectivity index (χ1n) is 8.98. The molecule has 1 fully saturated rings. The fourth-order valence-corrected chi connectivity index (χ4v) is 3.07. The quantitative estimate of drug-likeness (QED) is 0.899. The topological polar surface area (TPSA) is 58.6 Å². The van der Waals surface area contributed by atoms with E-state index in [9.17, 15) is 9.59 Å². The monoisotopic (exact) mass is 352 g/mol. The highest BCUT2D eigenvalue weighted by molar-refractivity contribution is 5.97. The van der Waals surface area contributed by atoms with E-state index < -0.39 is 0 Å². The van der Waals surface area contributed by atoms with Crippen LogP contribution >= 0.6 is 0 Å². The Morgan fingerprint density at radius 2 is 1.54 bits per heavy atom. The zero-order chi connectivity index (χ0) is 18.4. The zero-order valence-electron chi connectivity index (χ0n) is 15.0. The van der Waals surface area contributed by atoms with Crippen molar-refractivity contribution in [1.29, 1.82) is 0 Å². The van der Waals surface area contributed by atoms with E-state index in [2.05, 4.69) is 5.32 Å². The predicted molar refractivity (Wildman–Crippen MR) is 100 cm³/mol. The van der Waals surface area contributed by atoms with Crippen LogP contribution in [0.3, 0.4) is 0 Å². The van der Waals surface area contributed by atoms with Crippen molar-refractivity contribution in [2.45, 2.75) is 25.8 Å². The summed E-state index contributed by atoms with van der Waals surface area (Å²) in [6.45, 7) is 2.09. The summed E-state index contributed by atoms with van der Waals surface area (Å²) in [4.78, 5) is 26.6. The van der Waals surface area contributed by atoms with Gasteiger partial charge in [-0.3, -0.25) is 9.59 Å². The van der Waals surface area contributed by atoms with Gasteiger partial charge in [-0.2, -0.15) is 0 Å². The van der Waals surface area contributed by atoms with Crippen LogP contribution in [0.2, 0.25) is 0 Å². The minimum atomic E-state index is -0.155. The summed E-state index contributed by atoms with van der Waals surface area (Å²) in [5, 5.41) is 2.89. The van der Waals surface area contributed by atoms with Crippen LogP contribution in [0.5, 0.6) is 5.75 Å². The second kappa shape index (κ2) is 8.52. The Morgan fingerprint density at radius 1 is 0.923 bits per heavy atom. The number of methoxy groups -OCH3 is 1. The normalized spacial score (nSPS) is 14.0. The van der Waals surface area contributed by atoms with Crippen molar-refractivity contribution in [3.05, 3.63) is 65.2 Å². The molecule has 2 aromatic carbocycles. The molecule has 26 heavy (non-hydrogen) atoms. The van der Waals surface area contributed by atoms with Gasteiger partial charge in [0.2, 0.25) is 0 Å². The van der Waals surface area contributed by atoms with Crippen LogP contribution in [0.15, 0.2) is 48.5 Å². The van der Waals surface area contributed by atoms with Crippen molar-refractivity contribution in [3.63, 3.8) is 0 Å². The van der Waals surface area contributed by atoms with E-state index >= 15 is 0 Å². The highest BCUT2D eigenvalue weighted by Crippen LogP contribution is 2.14. The van der Waals surface area contributed by atoms with Gasteiger partial charge in [0.25, 0.3) is 11.8 Å². The van der Waals surface area contributed by atoms with Gasteiger partial charge in [0.1, 0.15) is 5.75 Å². The number of carbonyl (C=O) groups excluding carboxylic acids is 2. The molecular weight excluding hydrogens is 328 g/mol. The van der Waals surface area contributed by atoms with E-state index in [1.807, 2.05) is 29.2 Å².